The Balaban J connectivity index is 2.27. The van der Waals surface area contributed by atoms with Gasteiger partial charge < -0.3 is 10.6 Å². The quantitative estimate of drug-likeness (QED) is 0.606. The molecular formula is C7H13FN2O. The molecule has 0 aliphatic carbocycles. The van der Waals surface area contributed by atoms with Crippen LogP contribution in [0.1, 0.15) is 6.92 Å². The van der Waals surface area contributed by atoms with E-state index in [1.54, 1.807) is 11.8 Å². The number of rotatable bonds is 2. The van der Waals surface area contributed by atoms with Crippen LogP contribution in [-0.4, -0.2) is 36.6 Å². The summed E-state index contributed by atoms with van der Waals surface area (Å²) in [6, 6.07) is -0.449. The number of nitrogens with zero attached hydrogens (tertiary/aromatic N) is 1. The van der Waals surface area contributed by atoms with Crippen molar-refractivity contribution >= 4 is 5.91 Å². The number of hydrogen-bond acceptors (Lipinski definition) is 2. The lowest BCUT2D eigenvalue weighted by molar-refractivity contribution is -0.138. The van der Waals surface area contributed by atoms with Gasteiger partial charge in [0.25, 0.3) is 0 Å². The Kier molecular flexibility index (Phi) is 2.44. The molecule has 0 spiro atoms. The summed E-state index contributed by atoms with van der Waals surface area (Å²) in [4.78, 5) is 12.7. The van der Waals surface area contributed by atoms with Crippen molar-refractivity contribution in [3.8, 4) is 0 Å². The van der Waals surface area contributed by atoms with Crippen LogP contribution in [0.2, 0.25) is 0 Å². The number of nitrogens with two attached hydrogens (primary N) is 1. The van der Waals surface area contributed by atoms with E-state index in [1.165, 1.54) is 0 Å². The predicted molar refractivity (Wildman–Crippen MR) is 39.7 cm³/mol. The molecule has 0 aromatic carbocycles. The molecule has 0 bridgehead atoms. The minimum absolute atomic E-state index is 0.0534. The fourth-order valence-electron chi connectivity index (χ4n) is 1.14. The van der Waals surface area contributed by atoms with Crippen molar-refractivity contribution in [3.05, 3.63) is 0 Å². The summed E-state index contributed by atoms with van der Waals surface area (Å²) in [5, 5.41) is 0. The first kappa shape index (κ1) is 8.46. The van der Waals surface area contributed by atoms with E-state index in [9.17, 15) is 9.18 Å². The van der Waals surface area contributed by atoms with Crippen LogP contribution in [-0.2, 0) is 4.79 Å². The van der Waals surface area contributed by atoms with Crippen molar-refractivity contribution < 1.29 is 9.18 Å². The van der Waals surface area contributed by atoms with Crippen molar-refractivity contribution in [2.24, 2.45) is 11.7 Å². The van der Waals surface area contributed by atoms with Gasteiger partial charge in [-0.2, -0.15) is 0 Å². The largest absolute Gasteiger partial charge is 0.340 e. The van der Waals surface area contributed by atoms with E-state index in [0.29, 0.717) is 13.1 Å². The molecule has 0 radical (unpaired) electrons. The number of hydrogen-bond donors (Lipinski definition) is 1. The van der Waals surface area contributed by atoms with E-state index >= 15 is 0 Å². The highest BCUT2D eigenvalue weighted by atomic mass is 19.1. The van der Waals surface area contributed by atoms with Crippen LogP contribution in [0.5, 0.6) is 0 Å². The standard InChI is InChI=1S/C7H13FN2O/c1-5(9)7(11)10-3-6(2-8)4-10/h5-6H,2-4,9H2,1H3. The van der Waals surface area contributed by atoms with Gasteiger partial charge in [-0.3, -0.25) is 9.18 Å². The third-order valence-corrected chi connectivity index (χ3v) is 1.88. The van der Waals surface area contributed by atoms with Gasteiger partial charge in [-0.25, -0.2) is 0 Å². The van der Waals surface area contributed by atoms with Crippen LogP contribution in [0.3, 0.4) is 0 Å². The molecule has 1 aliphatic heterocycles. The van der Waals surface area contributed by atoms with Crippen LogP contribution >= 0.6 is 0 Å². The van der Waals surface area contributed by atoms with Crippen molar-refractivity contribution in [3.63, 3.8) is 0 Å². The summed E-state index contributed by atoms with van der Waals surface area (Å²) >= 11 is 0. The van der Waals surface area contributed by atoms with E-state index in [0.717, 1.165) is 0 Å². The third-order valence-electron chi connectivity index (χ3n) is 1.88. The topological polar surface area (TPSA) is 46.3 Å². The molecule has 1 amide bonds. The average molecular weight is 160 g/mol. The SMILES string of the molecule is CC(N)C(=O)N1CC(CF)C1. The molecule has 0 aromatic heterocycles. The van der Waals surface area contributed by atoms with Gasteiger partial charge in [0.2, 0.25) is 5.91 Å². The van der Waals surface area contributed by atoms with Gasteiger partial charge in [0.1, 0.15) is 0 Å². The lowest BCUT2D eigenvalue weighted by Crippen LogP contribution is -2.55. The number of carbonyl (C=O) groups excluding carboxylic acids is 1. The highest BCUT2D eigenvalue weighted by Crippen LogP contribution is 2.16. The van der Waals surface area contributed by atoms with Crippen LogP contribution in [0.15, 0.2) is 0 Å². The molecule has 1 aliphatic rings. The van der Waals surface area contributed by atoms with Crippen LogP contribution in [0.4, 0.5) is 4.39 Å². The third kappa shape index (κ3) is 1.68. The smallest absolute Gasteiger partial charge is 0.239 e. The monoisotopic (exact) mass is 160 g/mol. The minimum Gasteiger partial charge on any atom is -0.340 e. The first-order chi connectivity index (χ1) is 5.15. The van der Waals surface area contributed by atoms with Gasteiger partial charge in [-0.05, 0) is 6.92 Å². The molecule has 0 aromatic rings. The maximum Gasteiger partial charge on any atom is 0.239 e. The Morgan fingerprint density at radius 2 is 2.36 bits per heavy atom. The molecule has 64 valence electrons. The number of alkyl halides is 1. The second-order valence-corrected chi connectivity index (χ2v) is 3.05. The molecule has 2 N–H and O–H groups in total. The summed E-state index contributed by atoms with van der Waals surface area (Å²) in [6.45, 7) is 2.39. The van der Waals surface area contributed by atoms with Gasteiger partial charge in [-0.15, -0.1) is 0 Å². The van der Waals surface area contributed by atoms with Crippen molar-refractivity contribution in [2.75, 3.05) is 19.8 Å². The number of halogens is 1. The summed E-state index contributed by atoms with van der Waals surface area (Å²) in [6.07, 6.45) is 0. The first-order valence-electron chi connectivity index (χ1n) is 3.75. The minimum atomic E-state index is -0.449. The molecule has 0 saturated carbocycles. The normalized spacial score (nSPS) is 21.2. The van der Waals surface area contributed by atoms with E-state index in [4.69, 9.17) is 5.73 Å². The zero-order chi connectivity index (χ0) is 8.43. The lowest BCUT2D eigenvalue weighted by Gasteiger charge is -2.38. The first-order valence-corrected chi connectivity index (χ1v) is 3.75. The summed E-state index contributed by atoms with van der Waals surface area (Å²) in [7, 11) is 0. The number of carbonyl (C=O) groups is 1. The molecule has 1 saturated heterocycles. The molecular weight excluding hydrogens is 147 g/mol. The maximum absolute atomic E-state index is 11.9. The second-order valence-electron chi connectivity index (χ2n) is 3.05. The average Bonchev–Trinajstić information content (AvgIpc) is 1.85. The maximum atomic E-state index is 11.9. The second kappa shape index (κ2) is 3.17. The van der Waals surface area contributed by atoms with Gasteiger partial charge in [0.15, 0.2) is 0 Å². The van der Waals surface area contributed by atoms with Crippen LogP contribution < -0.4 is 5.73 Å². The fraction of sp³-hybridized carbons (Fsp3) is 0.857. The Morgan fingerprint density at radius 1 is 1.82 bits per heavy atom. The molecule has 1 fully saturated rings. The molecule has 4 heteroatoms. The highest BCUT2D eigenvalue weighted by Gasteiger charge is 2.31. The van der Waals surface area contributed by atoms with E-state index in [1.807, 2.05) is 0 Å². The van der Waals surface area contributed by atoms with Crippen molar-refractivity contribution in [1.82, 2.24) is 4.90 Å². The van der Waals surface area contributed by atoms with Gasteiger partial charge >= 0.3 is 0 Å². The van der Waals surface area contributed by atoms with E-state index in [2.05, 4.69) is 0 Å². The van der Waals surface area contributed by atoms with Crippen LogP contribution in [0.25, 0.3) is 0 Å². The molecule has 3 nitrogen and oxygen atoms in total. The summed E-state index contributed by atoms with van der Waals surface area (Å²) in [5.74, 6) is -0.0209. The van der Waals surface area contributed by atoms with E-state index in [-0.39, 0.29) is 18.5 Å². The Labute approximate surface area is 65.3 Å². The number of likely N-dealkylation sites (tertiary alicyclic amines) is 1. The van der Waals surface area contributed by atoms with Gasteiger partial charge in [-0.1, -0.05) is 0 Å². The van der Waals surface area contributed by atoms with E-state index < -0.39 is 6.04 Å². The molecule has 11 heavy (non-hydrogen) atoms. The molecule has 1 unspecified atom stereocenters. The van der Waals surface area contributed by atoms with Crippen molar-refractivity contribution in [1.29, 1.82) is 0 Å². The highest BCUT2D eigenvalue weighted by molar-refractivity contribution is 5.81. The lowest BCUT2D eigenvalue weighted by atomic mass is 10.0. The molecule has 1 heterocycles. The Hall–Kier alpha value is -0.640. The van der Waals surface area contributed by atoms with Crippen LogP contribution in [0, 0.1) is 5.92 Å². The van der Waals surface area contributed by atoms with Gasteiger partial charge in [0, 0.05) is 19.0 Å². The fourth-order valence-corrected chi connectivity index (χ4v) is 1.14. The van der Waals surface area contributed by atoms with Crippen molar-refractivity contribution in [2.45, 2.75) is 13.0 Å². The Morgan fingerprint density at radius 3 is 2.73 bits per heavy atom. The molecule has 1 rings (SSSR count). The summed E-state index contributed by atoms with van der Waals surface area (Å²) < 4.78 is 11.9. The predicted octanol–water partition coefficient (Wildman–Crippen LogP) is -0.238. The Bertz CT molecular complexity index is 155. The number of amides is 1. The summed E-state index contributed by atoms with van der Waals surface area (Å²) in [5.41, 5.74) is 5.35. The molecule has 1 atom stereocenters. The zero-order valence-electron chi connectivity index (χ0n) is 6.59. The van der Waals surface area contributed by atoms with Gasteiger partial charge in [0.05, 0.1) is 12.7 Å². The zero-order valence-corrected chi connectivity index (χ0v) is 6.59.